The Kier molecular flexibility index (Phi) is 14.9. The lowest BCUT2D eigenvalue weighted by Gasteiger charge is -2.29. The van der Waals surface area contributed by atoms with Crippen LogP contribution in [-0.4, -0.2) is 9.55 Å². The zero-order valence-electron chi connectivity index (χ0n) is 23.6. The van der Waals surface area contributed by atoms with E-state index in [0.717, 1.165) is 12.8 Å². The van der Waals surface area contributed by atoms with Crippen LogP contribution in [0.25, 0.3) is 0 Å². The maximum atomic E-state index is 4.42. The summed E-state index contributed by atoms with van der Waals surface area (Å²) in [7, 11) is 0. The predicted molar refractivity (Wildman–Crippen MR) is 160 cm³/mol. The lowest BCUT2D eigenvalue weighted by molar-refractivity contribution is 0.295. The van der Waals surface area contributed by atoms with Gasteiger partial charge in [0.25, 0.3) is 0 Å². The van der Waals surface area contributed by atoms with Crippen LogP contribution in [0.2, 0.25) is 0 Å². The third kappa shape index (κ3) is 12.2. The molecule has 1 atom stereocenters. The predicted octanol–water partition coefficient (Wildman–Crippen LogP) is 10.4. The first-order chi connectivity index (χ1) is 18.4. The highest BCUT2D eigenvalue weighted by Gasteiger charge is 2.23. The van der Waals surface area contributed by atoms with Gasteiger partial charge < -0.3 is 4.57 Å². The van der Waals surface area contributed by atoms with Gasteiger partial charge in [0.2, 0.25) is 0 Å². The highest BCUT2D eigenvalue weighted by atomic mass is 15.1. The molecule has 1 unspecified atom stereocenters. The molecule has 37 heavy (non-hydrogen) atoms. The van der Waals surface area contributed by atoms with Crippen LogP contribution in [0.4, 0.5) is 0 Å². The number of hydrogen-bond acceptors (Lipinski definition) is 1. The van der Waals surface area contributed by atoms with Crippen molar-refractivity contribution in [2.45, 2.75) is 122 Å². The Morgan fingerprint density at radius 1 is 0.595 bits per heavy atom. The zero-order chi connectivity index (χ0) is 25.8. The topological polar surface area (TPSA) is 17.8 Å². The molecule has 0 N–H and O–H groups in total. The summed E-state index contributed by atoms with van der Waals surface area (Å²) in [6, 6.07) is 22.6. The van der Waals surface area contributed by atoms with Crippen molar-refractivity contribution >= 4 is 0 Å². The van der Waals surface area contributed by atoms with Crippen LogP contribution in [0.3, 0.4) is 0 Å². The molecule has 0 spiro atoms. The van der Waals surface area contributed by atoms with Crippen molar-refractivity contribution in [3.8, 4) is 0 Å². The first-order valence-electron chi connectivity index (χ1n) is 15.4. The van der Waals surface area contributed by atoms with Gasteiger partial charge in [-0.1, -0.05) is 157 Å². The lowest BCUT2D eigenvalue weighted by Crippen LogP contribution is -2.23. The van der Waals surface area contributed by atoms with E-state index in [1.165, 1.54) is 107 Å². The Hall–Kier alpha value is -2.35. The summed E-state index contributed by atoms with van der Waals surface area (Å²) in [5.74, 6) is 0.556. The molecular weight excluding hydrogens is 448 g/mol. The van der Waals surface area contributed by atoms with E-state index in [-0.39, 0.29) is 0 Å². The van der Waals surface area contributed by atoms with Crippen LogP contribution in [0, 0.1) is 5.92 Å². The van der Waals surface area contributed by atoms with E-state index >= 15 is 0 Å². The van der Waals surface area contributed by atoms with E-state index in [1.807, 2.05) is 12.5 Å². The highest BCUT2D eigenvalue weighted by molar-refractivity contribution is 5.19. The van der Waals surface area contributed by atoms with Gasteiger partial charge in [-0.25, -0.2) is 4.98 Å². The molecule has 0 aliphatic rings. The number of unbranched alkanes of at least 4 members (excludes halogenated alkanes) is 13. The molecule has 0 amide bonds. The van der Waals surface area contributed by atoms with E-state index < -0.39 is 0 Å². The molecule has 2 heteroatoms. The monoisotopic (exact) mass is 500 g/mol. The number of imidazole rings is 1. The number of rotatable bonds is 21. The number of aromatic nitrogens is 2. The van der Waals surface area contributed by atoms with Gasteiger partial charge in [-0.05, 0) is 36.3 Å². The molecule has 0 radical (unpaired) electrons. The molecule has 0 saturated heterocycles. The minimum atomic E-state index is 0.486. The van der Waals surface area contributed by atoms with Gasteiger partial charge in [-0.3, -0.25) is 0 Å². The Bertz CT molecular complexity index is 846. The molecule has 0 aliphatic carbocycles. The first-order valence-corrected chi connectivity index (χ1v) is 15.4. The normalized spacial score (nSPS) is 12.3. The second-order valence-corrected chi connectivity index (χ2v) is 11.1. The molecule has 3 aromatic rings. The van der Waals surface area contributed by atoms with E-state index in [0.29, 0.717) is 12.0 Å². The average Bonchev–Trinajstić information content (AvgIpc) is 3.46. The molecule has 3 rings (SSSR count). The van der Waals surface area contributed by atoms with Gasteiger partial charge in [-0.2, -0.15) is 0 Å². The second-order valence-electron chi connectivity index (χ2n) is 11.1. The number of benzene rings is 2. The van der Waals surface area contributed by atoms with Gasteiger partial charge in [0.1, 0.15) is 0 Å². The molecule has 2 nitrogen and oxygen atoms in total. The van der Waals surface area contributed by atoms with E-state index in [2.05, 4.69) is 83.3 Å². The SMILES string of the molecule is CCCCCCCCCCCCCCCCC(C(Cc1ccccc1)Cc1ccccc1)n1ccnc1. The van der Waals surface area contributed by atoms with Crippen LogP contribution in [0.5, 0.6) is 0 Å². The van der Waals surface area contributed by atoms with Crippen molar-refractivity contribution in [2.24, 2.45) is 5.92 Å². The standard InChI is InChI=1S/C35H52N2/c1-2-3-4-5-6-7-8-9-10-11-12-13-14-21-26-35(37-28-27-36-31-37)34(29-32-22-17-15-18-23-32)30-33-24-19-16-20-25-33/h15-20,22-25,27-28,31,34-35H,2-14,21,26,29-30H2,1H3. The quantitative estimate of drug-likeness (QED) is 0.133. The van der Waals surface area contributed by atoms with Gasteiger partial charge >= 0.3 is 0 Å². The van der Waals surface area contributed by atoms with Crippen molar-refractivity contribution in [1.29, 1.82) is 0 Å². The Balaban J connectivity index is 1.41. The van der Waals surface area contributed by atoms with Crippen LogP contribution >= 0.6 is 0 Å². The molecule has 0 aliphatic heterocycles. The molecule has 0 fully saturated rings. The Labute approximate surface area is 227 Å². The maximum Gasteiger partial charge on any atom is 0.0948 e. The summed E-state index contributed by atoms with van der Waals surface area (Å²) < 4.78 is 2.39. The van der Waals surface area contributed by atoms with E-state index in [1.54, 1.807) is 0 Å². The molecule has 1 heterocycles. The summed E-state index contributed by atoms with van der Waals surface area (Å²) in [4.78, 5) is 4.42. The fourth-order valence-electron chi connectivity index (χ4n) is 5.82. The lowest BCUT2D eigenvalue weighted by atomic mass is 9.84. The van der Waals surface area contributed by atoms with E-state index in [4.69, 9.17) is 0 Å². The fourth-order valence-corrected chi connectivity index (χ4v) is 5.82. The van der Waals surface area contributed by atoms with Crippen molar-refractivity contribution in [3.05, 3.63) is 90.5 Å². The molecule has 2 aromatic carbocycles. The van der Waals surface area contributed by atoms with Crippen LogP contribution < -0.4 is 0 Å². The average molecular weight is 501 g/mol. The van der Waals surface area contributed by atoms with Crippen LogP contribution in [0.15, 0.2) is 79.4 Å². The van der Waals surface area contributed by atoms with E-state index in [9.17, 15) is 0 Å². The largest absolute Gasteiger partial charge is 0.334 e. The first kappa shape index (κ1) is 29.2. The third-order valence-electron chi connectivity index (χ3n) is 7.99. The van der Waals surface area contributed by atoms with Gasteiger partial charge in [-0.15, -0.1) is 0 Å². The second kappa shape index (κ2) is 18.8. The maximum absolute atomic E-state index is 4.42. The minimum Gasteiger partial charge on any atom is -0.334 e. The van der Waals surface area contributed by atoms with Crippen molar-refractivity contribution < 1.29 is 0 Å². The molecule has 202 valence electrons. The Morgan fingerprint density at radius 2 is 1.05 bits per heavy atom. The summed E-state index contributed by atoms with van der Waals surface area (Å²) >= 11 is 0. The van der Waals surface area contributed by atoms with Gasteiger partial charge in [0, 0.05) is 18.4 Å². The van der Waals surface area contributed by atoms with Gasteiger partial charge in [0.05, 0.1) is 6.33 Å². The fraction of sp³-hybridized carbons (Fsp3) is 0.571. The summed E-state index contributed by atoms with van der Waals surface area (Å²) in [5.41, 5.74) is 2.88. The summed E-state index contributed by atoms with van der Waals surface area (Å²) in [5, 5.41) is 0. The Morgan fingerprint density at radius 3 is 1.49 bits per heavy atom. The number of hydrogen-bond donors (Lipinski definition) is 0. The molecule has 0 saturated carbocycles. The number of nitrogens with zero attached hydrogens (tertiary/aromatic N) is 2. The van der Waals surface area contributed by atoms with Crippen LogP contribution in [-0.2, 0) is 12.8 Å². The minimum absolute atomic E-state index is 0.486. The summed E-state index contributed by atoms with van der Waals surface area (Å²) in [6.45, 7) is 2.30. The van der Waals surface area contributed by atoms with Gasteiger partial charge in [0.15, 0.2) is 0 Å². The third-order valence-corrected chi connectivity index (χ3v) is 7.99. The summed E-state index contributed by atoms with van der Waals surface area (Å²) in [6.07, 6.45) is 29.4. The van der Waals surface area contributed by atoms with Crippen molar-refractivity contribution in [1.82, 2.24) is 9.55 Å². The molecule has 0 bridgehead atoms. The van der Waals surface area contributed by atoms with Crippen LogP contribution in [0.1, 0.15) is 120 Å². The van der Waals surface area contributed by atoms with Crippen molar-refractivity contribution in [2.75, 3.05) is 0 Å². The smallest absolute Gasteiger partial charge is 0.0948 e. The molecule has 1 aromatic heterocycles. The highest BCUT2D eigenvalue weighted by Crippen LogP contribution is 2.31. The zero-order valence-corrected chi connectivity index (χ0v) is 23.6. The van der Waals surface area contributed by atoms with Crippen molar-refractivity contribution in [3.63, 3.8) is 0 Å². The molecular formula is C35H52N2.